The number of thiocarbonyl (C=S) groups is 1. The third-order valence-corrected chi connectivity index (χ3v) is 4.27. The fourth-order valence-electron chi connectivity index (χ4n) is 1.56. The summed E-state index contributed by atoms with van der Waals surface area (Å²) in [5, 5.41) is 6.40. The lowest BCUT2D eigenvalue weighted by molar-refractivity contribution is 0.383. The molecule has 2 nitrogen and oxygen atoms in total. The van der Waals surface area contributed by atoms with Gasteiger partial charge in [0.15, 0.2) is 5.11 Å². The summed E-state index contributed by atoms with van der Waals surface area (Å²) >= 11 is 7.20. The molecule has 0 amide bonds. The van der Waals surface area contributed by atoms with E-state index < -0.39 is 0 Å². The molecule has 1 aliphatic carbocycles. The van der Waals surface area contributed by atoms with E-state index in [1.807, 2.05) is 11.3 Å². The highest BCUT2D eigenvalue weighted by molar-refractivity contribution is 7.80. The van der Waals surface area contributed by atoms with Gasteiger partial charge in [-0.05, 0) is 43.4 Å². The summed E-state index contributed by atoms with van der Waals surface area (Å²) in [7, 11) is 2.08. The summed E-state index contributed by atoms with van der Waals surface area (Å²) < 4.78 is 0. The third-order valence-electron chi connectivity index (χ3n) is 2.96. The fraction of sp³-hybridized carbons (Fsp3) is 0.583. The summed E-state index contributed by atoms with van der Waals surface area (Å²) in [6.45, 7) is 2.22. The van der Waals surface area contributed by atoms with Crippen LogP contribution in [0.1, 0.15) is 24.6 Å². The van der Waals surface area contributed by atoms with Crippen molar-refractivity contribution in [3.05, 3.63) is 22.4 Å². The van der Waals surface area contributed by atoms with Gasteiger partial charge >= 0.3 is 0 Å². The Morgan fingerprint density at radius 2 is 2.44 bits per heavy atom. The maximum atomic E-state index is 5.38. The highest BCUT2D eigenvalue weighted by Gasteiger charge is 2.24. The Balaban J connectivity index is 1.82. The molecule has 0 radical (unpaired) electrons. The number of hydrogen-bond donors (Lipinski definition) is 1. The van der Waals surface area contributed by atoms with E-state index in [0.717, 1.165) is 11.5 Å². The first-order valence-electron chi connectivity index (χ1n) is 5.72. The zero-order valence-corrected chi connectivity index (χ0v) is 11.4. The number of rotatable bonds is 4. The van der Waals surface area contributed by atoms with Crippen molar-refractivity contribution in [3.8, 4) is 0 Å². The Bertz CT molecular complexity index is 344. The molecule has 0 aromatic carbocycles. The Morgan fingerprint density at radius 1 is 1.69 bits per heavy atom. The lowest BCUT2D eigenvalue weighted by Crippen LogP contribution is -2.43. The Morgan fingerprint density at radius 3 is 3.00 bits per heavy atom. The fourth-order valence-corrected chi connectivity index (χ4v) is 2.73. The number of likely N-dealkylation sites (N-methyl/N-ethyl adjacent to an activating group) is 1. The lowest BCUT2D eigenvalue weighted by atomic mass is 10.2. The third kappa shape index (κ3) is 3.19. The van der Waals surface area contributed by atoms with Gasteiger partial charge in [-0.2, -0.15) is 0 Å². The van der Waals surface area contributed by atoms with E-state index in [1.54, 1.807) is 0 Å². The molecule has 4 heteroatoms. The first kappa shape index (κ1) is 11.9. The molecular weight excluding hydrogens is 236 g/mol. The zero-order chi connectivity index (χ0) is 11.5. The average Bonchev–Trinajstić information content (AvgIpc) is 2.92. The Kier molecular flexibility index (Phi) is 3.82. The van der Waals surface area contributed by atoms with Crippen LogP contribution in [0.2, 0.25) is 0 Å². The van der Waals surface area contributed by atoms with Crippen molar-refractivity contribution in [2.45, 2.75) is 38.3 Å². The van der Waals surface area contributed by atoms with Gasteiger partial charge < -0.3 is 10.2 Å². The van der Waals surface area contributed by atoms with Gasteiger partial charge in [0.1, 0.15) is 0 Å². The zero-order valence-electron chi connectivity index (χ0n) is 9.77. The van der Waals surface area contributed by atoms with Gasteiger partial charge in [0.05, 0.1) is 0 Å². The van der Waals surface area contributed by atoms with Crippen LogP contribution < -0.4 is 5.32 Å². The van der Waals surface area contributed by atoms with Gasteiger partial charge in [0.25, 0.3) is 0 Å². The SMILES string of the molecule is CC(Cc1cccs1)N(C)C(=S)NC1CC1. The normalized spacial score (nSPS) is 16.9. The van der Waals surface area contributed by atoms with Gasteiger partial charge in [-0.1, -0.05) is 6.07 Å². The molecule has 1 unspecified atom stereocenters. The molecule has 1 N–H and O–H groups in total. The number of thiophene rings is 1. The molecule has 2 rings (SSSR count). The van der Waals surface area contributed by atoms with Crippen LogP contribution >= 0.6 is 23.6 Å². The van der Waals surface area contributed by atoms with E-state index in [2.05, 4.69) is 41.7 Å². The Hall–Kier alpha value is -0.610. The van der Waals surface area contributed by atoms with Crippen LogP contribution in [-0.4, -0.2) is 29.1 Å². The van der Waals surface area contributed by atoms with Crippen molar-refractivity contribution in [1.82, 2.24) is 10.2 Å². The average molecular weight is 254 g/mol. The number of nitrogens with one attached hydrogen (secondary N) is 1. The number of hydrogen-bond acceptors (Lipinski definition) is 2. The Labute approximate surface area is 107 Å². The molecule has 1 atom stereocenters. The van der Waals surface area contributed by atoms with Crippen molar-refractivity contribution in [2.75, 3.05) is 7.05 Å². The predicted molar refractivity (Wildman–Crippen MR) is 74.0 cm³/mol. The molecule has 0 spiro atoms. The smallest absolute Gasteiger partial charge is 0.169 e. The lowest BCUT2D eigenvalue weighted by Gasteiger charge is -2.27. The minimum Gasteiger partial charge on any atom is -0.360 e. The van der Waals surface area contributed by atoms with Crippen LogP contribution in [0.4, 0.5) is 0 Å². The monoisotopic (exact) mass is 254 g/mol. The second kappa shape index (κ2) is 5.15. The summed E-state index contributed by atoms with van der Waals surface area (Å²) in [6, 6.07) is 5.39. The number of nitrogens with zero attached hydrogens (tertiary/aromatic N) is 1. The van der Waals surface area contributed by atoms with Crippen LogP contribution in [0.25, 0.3) is 0 Å². The molecule has 0 bridgehead atoms. The molecule has 1 fully saturated rings. The van der Waals surface area contributed by atoms with E-state index >= 15 is 0 Å². The molecular formula is C12H18N2S2. The molecule has 1 heterocycles. The van der Waals surface area contributed by atoms with Crippen LogP contribution in [-0.2, 0) is 6.42 Å². The van der Waals surface area contributed by atoms with Gasteiger partial charge in [0, 0.05) is 30.4 Å². The van der Waals surface area contributed by atoms with Gasteiger partial charge in [-0.3, -0.25) is 0 Å². The first-order chi connectivity index (χ1) is 7.66. The van der Waals surface area contributed by atoms with Gasteiger partial charge in [-0.25, -0.2) is 0 Å². The second-order valence-electron chi connectivity index (χ2n) is 4.47. The first-order valence-corrected chi connectivity index (χ1v) is 7.01. The van der Waals surface area contributed by atoms with Crippen molar-refractivity contribution >= 4 is 28.7 Å². The van der Waals surface area contributed by atoms with E-state index in [9.17, 15) is 0 Å². The van der Waals surface area contributed by atoms with E-state index in [0.29, 0.717) is 12.1 Å². The van der Waals surface area contributed by atoms with Crippen molar-refractivity contribution in [1.29, 1.82) is 0 Å². The van der Waals surface area contributed by atoms with Crippen LogP contribution in [0.5, 0.6) is 0 Å². The summed E-state index contributed by atoms with van der Waals surface area (Å²) in [5.41, 5.74) is 0. The molecule has 0 saturated heterocycles. The molecule has 1 aromatic rings. The summed E-state index contributed by atoms with van der Waals surface area (Å²) in [6.07, 6.45) is 3.61. The predicted octanol–water partition coefficient (Wildman–Crippen LogP) is 2.65. The van der Waals surface area contributed by atoms with E-state index in [1.165, 1.54) is 17.7 Å². The largest absolute Gasteiger partial charge is 0.360 e. The van der Waals surface area contributed by atoms with Crippen LogP contribution in [0.15, 0.2) is 17.5 Å². The quantitative estimate of drug-likeness (QED) is 0.832. The standard InChI is InChI=1S/C12H18N2S2/c1-9(8-11-4-3-7-16-11)14(2)12(15)13-10-5-6-10/h3-4,7,9-10H,5-6,8H2,1-2H3,(H,13,15). The van der Waals surface area contributed by atoms with Gasteiger partial charge in [-0.15, -0.1) is 11.3 Å². The molecule has 16 heavy (non-hydrogen) atoms. The minimum absolute atomic E-state index is 0.456. The van der Waals surface area contributed by atoms with E-state index in [4.69, 9.17) is 12.2 Å². The molecule has 1 aromatic heterocycles. The van der Waals surface area contributed by atoms with Crippen molar-refractivity contribution < 1.29 is 0 Å². The summed E-state index contributed by atoms with van der Waals surface area (Å²) in [4.78, 5) is 3.60. The second-order valence-corrected chi connectivity index (χ2v) is 5.89. The van der Waals surface area contributed by atoms with Crippen LogP contribution in [0, 0.1) is 0 Å². The van der Waals surface area contributed by atoms with Crippen molar-refractivity contribution in [2.24, 2.45) is 0 Å². The molecule has 88 valence electrons. The molecule has 0 aliphatic heterocycles. The van der Waals surface area contributed by atoms with Crippen LogP contribution in [0.3, 0.4) is 0 Å². The minimum atomic E-state index is 0.456. The highest BCUT2D eigenvalue weighted by Crippen LogP contribution is 2.19. The summed E-state index contributed by atoms with van der Waals surface area (Å²) in [5.74, 6) is 0. The topological polar surface area (TPSA) is 15.3 Å². The van der Waals surface area contributed by atoms with E-state index in [-0.39, 0.29) is 0 Å². The van der Waals surface area contributed by atoms with Gasteiger partial charge in [0.2, 0.25) is 0 Å². The van der Waals surface area contributed by atoms with Crippen molar-refractivity contribution in [3.63, 3.8) is 0 Å². The molecule has 1 saturated carbocycles. The highest BCUT2D eigenvalue weighted by atomic mass is 32.1. The maximum absolute atomic E-state index is 5.38. The molecule has 1 aliphatic rings. The maximum Gasteiger partial charge on any atom is 0.169 e.